The molecule has 0 saturated carbocycles. The Bertz CT molecular complexity index is 781. The van der Waals surface area contributed by atoms with Gasteiger partial charge in [0.2, 0.25) is 5.76 Å². The summed E-state index contributed by atoms with van der Waals surface area (Å²) in [7, 11) is 0. The Kier molecular flexibility index (Phi) is 3.57. The Morgan fingerprint density at radius 1 is 1.33 bits per heavy atom. The maximum atomic E-state index is 12.3. The predicted octanol–water partition coefficient (Wildman–Crippen LogP) is 3.65. The highest BCUT2D eigenvalue weighted by Crippen LogP contribution is 2.24. The third kappa shape index (κ3) is 2.73. The van der Waals surface area contributed by atoms with Crippen LogP contribution in [0.25, 0.3) is 11.5 Å². The molecule has 0 saturated heterocycles. The number of furan rings is 1. The number of oxazole rings is 1. The standard InChI is InChI=1S/C14H10BrN3O3/c1-8-5-11(16-6-9(8)15)18-14(19)12-13(21-7-17-12)10-3-2-4-20-10/h2-7H,1H3,(H,16,18,19). The van der Waals surface area contributed by atoms with Crippen molar-refractivity contribution in [2.45, 2.75) is 6.92 Å². The van der Waals surface area contributed by atoms with Gasteiger partial charge in [0.1, 0.15) is 5.82 Å². The van der Waals surface area contributed by atoms with Crippen LogP contribution in [0.15, 0.2) is 50.4 Å². The first-order valence-electron chi connectivity index (χ1n) is 6.06. The van der Waals surface area contributed by atoms with Crippen LogP contribution in [0.3, 0.4) is 0 Å². The van der Waals surface area contributed by atoms with Gasteiger partial charge in [0.05, 0.1) is 6.26 Å². The normalized spacial score (nSPS) is 10.6. The van der Waals surface area contributed by atoms with Crippen LogP contribution in [0.2, 0.25) is 0 Å². The summed E-state index contributed by atoms with van der Waals surface area (Å²) < 4.78 is 11.3. The third-order valence-corrected chi connectivity index (χ3v) is 3.65. The number of pyridine rings is 1. The van der Waals surface area contributed by atoms with Crippen LogP contribution >= 0.6 is 15.9 Å². The van der Waals surface area contributed by atoms with Gasteiger partial charge in [-0.05, 0) is 46.6 Å². The highest BCUT2D eigenvalue weighted by Gasteiger charge is 2.20. The van der Waals surface area contributed by atoms with Crippen LogP contribution in [0.1, 0.15) is 16.1 Å². The van der Waals surface area contributed by atoms with Crippen molar-refractivity contribution in [1.29, 1.82) is 0 Å². The van der Waals surface area contributed by atoms with E-state index in [1.54, 1.807) is 24.4 Å². The van der Waals surface area contributed by atoms with Gasteiger partial charge in [-0.25, -0.2) is 9.97 Å². The van der Waals surface area contributed by atoms with E-state index in [2.05, 4.69) is 31.2 Å². The van der Waals surface area contributed by atoms with Crippen molar-refractivity contribution in [1.82, 2.24) is 9.97 Å². The van der Waals surface area contributed by atoms with Crippen LogP contribution in [0.5, 0.6) is 0 Å². The molecule has 7 heteroatoms. The average molecular weight is 348 g/mol. The van der Waals surface area contributed by atoms with Gasteiger partial charge in [-0.1, -0.05) is 0 Å². The smallest absolute Gasteiger partial charge is 0.279 e. The number of carbonyl (C=O) groups is 1. The van der Waals surface area contributed by atoms with E-state index in [9.17, 15) is 4.79 Å². The molecule has 0 unspecified atom stereocenters. The number of amides is 1. The number of hydrogen-bond donors (Lipinski definition) is 1. The molecule has 21 heavy (non-hydrogen) atoms. The molecule has 0 aliphatic rings. The van der Waals surface area contributed by atoms with Crippen molar-refractivity contribution in [3.05, 3.63) is 52.8 Å². The lowest BCUT2D eigenvalue weighted by atomic mass is 10.2. The fraction of sp³-hybridized carbons (Fsp3) is 0.0714. The van der Waals surface area contributed by atoms with Crippen LogP contribution in [0, 0.1) is 6.92 Å². The first kappa shape index (κ1) is 13.6. The van der Waals surface area contributed by atoms with Crippen LogP contribution in [-0.2, 0) is 0 Å². The second-order valence-electron chi connectivity index (χ2n) is 4.28. The summed E-state index contributed by atoms with van der Waals surface area (Å²) in [6.07, 6.45) is 4.33. The zero-order valence-electron chi connectivity index (χ0n) is 11.0. The third-order valence-electron chi connectivity index (χ3n) is 2.82. The number of aromatic nitrogens is 2. The Morgan fingerprint density at radius 2 is 2.19 bits per heavy atom. The quantitative estimate of drug-likeness (QED) is 0.781. The summed E-state index contributed by atoms with van der Waals surface area (Å²) in [5, 5.41) is 2.68. The molecule has 6 nitrogen and oxygen atoms in total. The van der Waals surface area contributed by atoms with E-state index in [0.29, 0.717) is 11.6 Å². The van der Waals surface area contributed by atoms with Gasteiger partial charge in [0.15, 0.2) is 17.8 Å². The Labute approximate surface area is 128 Å². The summed E-state index contributed by atoms with van der Waals surface area (Å²) >= 11 is 3.36. The molecular formula is C14H10BrN3O3. The van der Waals surface area contributed by atoms with Crippen molar-refractivity contribution in [2.24, 2.45) is 0 Å². The predicted molar refractivity (Wildman–Crippen MR) is 78.8 cm³/mol. The van der Waals surface area contributed by atoms with Crippen LogP contribution < -0.4 is 5.32 Å². The highest BCUT2D eigenvalue weighted by molar-refractivity contribution is 9.10. The zero-order valence-corrected chi connectivity index (χ0v) is 12.5. The van der Waals surface area contributed by atoms with Crippen molar-refractivity contribution < 1.29 is 13.6 Å². The van der Waals surface area contributed by atoms with Crippen molar-refractivity contribution in [3.8, 4) is 11.5 Å². The molecule has 0 spiro atoms. The SMILES string of the molecule is Cc1cc(NC(=O)c2ncoc2-c2ccco2)ncc1Br. The second kappa shape index (κ2) is 5.53. The maximum Gasteiger partial charge on any atom is 0.279 e. The molecule has 3 rings (SSSR count). The van der Waals surface area contributed by atoms with Crippen molar-refractivity contribution in [2.75, 3.05) is 5.32 Å². The number of anilines is 1. The maximum absolute atomic E-state index is 12.3. The minimum atomic E-state index is -0.413. The largest absolute Gasteiger partial charge is 0.461 e. The van der Waals surface area contributed by atoms with E-state index in [-0.39, 0.29) is 11.5 Å². The summed E-state index contributed by atoms with van der Waals surface area (Å²) in [5.41, 5.74) is 1.11. The molecule has 0 radical (unpaired) electrons. The average Bonchev–Trinajstić information content (AvgIpc) is 3.12. The molecular weight excluding hydrogens is 338 g/mol. The van der Waals surface area contributed by atoms with E-state index in [0.717, 1.165) is 10.0 Å². The number of halogens is 1. The zero-order chi connectivity index (χ0) is 14.8. The first-order chi connectivity index (χ1) is 10.1. The van der Waals surface area contributed by atoms with E-state index in [1.807, 2.05) is 6.92 Å². The van der Waals surface area contributed by atoms with Crippen molar-refractivity contribution >= 4 is 27.7 Å². The molecule has 3 heterocycles. The summed E-state index contributed by atoms with van der Waals surface area (Å²) in [4.78, 5) is 20.3. The monoisotopic (exact) mass is 347 g/mol. The lowest BCUT2D eigenvalue weighted by Gasteiger charge is -2.05. The molecule has 0 aliphatic carbocycles. The molecule has 1 amide bonds. The number of hydrogen-bond acceptors (Lipinski definition) is 5. The van der Waals surface area contributed by atoms with E-state index < -0.39 is 5.91 Å². The Balaban J connectivity index is 1.86. The van der Waals surface area contributed by atoms with Gasteiger partial charge < -0.3 is 14.2 Å². The first-order valence-corrected chi connectivity index (χ1v) is 6.85. The molecule has 0 bridgehead atoms. The summed E-state index contributed by atoms with van der Waals surface area (Å²) in [6.45, 7) is 1.91. The molecule has 1 N–H and O–H groups in total. The topological polar surface area (TPSA) is 81.2 Å². The number of rotatable bonds is 3. The van der Waals surface area contributed by atoms with Gasteiger partial charge in [-0.2, -0.15) is 0 Å². The minimum absolute atomic E-state index is 0.146. The number of nitrogens with zero attached hydrogens (tertiary/aromatic N) is 2. The second-order valence-corrected chi connectivity index (χ2v) is 5.13. The summed E-state index contributed by atoms with van der Waals surface area (Å²) in [6, 6.07) is 5.16. The minimum Gasteiger partial charge on any atom is -0.461 e. The molecule has 0 aromatic carbocycles. The molecule has 106 valence electrons. The van der Waals surface area contributed by atoms with Crippen LogP contribution in [-0.4, -0.2) is 15.9 Å². The van der Waals surface area contributed by atoms with E-state index in [1.165, 1.54) is 12.7 Å². The molecule has 0 aliphatic heterocycles. The highest BCUT2D eigenvalue weighted by atomic mass is 79.9. The fourth-order valence-electron chi connectivity index (χ4n) is 1.77. The summed E-state index contributed by atoms with van der Waals surface area (Å²) in [5.74, 6) is 0.752. The van der Waals surface area contributed by atoms with Gasteiger partial charge >= 0.3 is 0 Å². The van der Waals surface area contributed by atoms with E-state index >= 15 is 0 Å². The van der Waals surface area contributed by atoms with Gasteiger partial charge in [0, 0.05) is 10.7 Å². The lowest BCUT2D eigenvalue weighted by molar-refractivity contribution is 0.102. The number of aryl methyl sites for hydroxylation is 1. The number of carbonyl (C=O) groups excluding carboxylic acids is 1. The van der Waals surface area contributed by atoms with Crippen LogP contribution in [0.4, 0.5) is 5.82 Å². The molecule has 0 atom stereocenters. The fourth-order valence-corrected chi connectivity index (χ4v) is 1.99. The van der Waals surface area contributed by atoms with Gasteiger partial charge in [-0.3, -0.25) is 4.79 Å². The molecule has 3 aromatic heterocycles. The van der Waals surface area contributed by atoms with Crippen molar-refractivity contribution in [3.63, 3.8) is 0 Å². The van der Waals surface area contributed by atoms with E-state index in [4.69, 9.17) is 8.83 Å². The molecule has 3 aromatic rings. The number of nitrogens with one attached hydrogen (secondary N) is 1. The molecule has 0 fully saturated rings. The van der Waals surface area contributed by atoms with Gasteiger partial charge in [-0.15, -0.1) is 0 Å². The Hall–Kier alpha value is -2.41. The van der Waals surface area contributed by atoms with Gasteiger partial charge in [0.25, 0.3) is 5.91 Å². The lowest BCUT2D eigenvalue weighted by Crippen LogP contribution is -2.14. The Morgan fingerprint density at radius 3 is 2.90 bits per heavy atom.